The predicted molar refractivity (Wildman–Crippen MR) is 596 cm³/mol. The Hall–Kier alpha value is -10.2. The van der Waals surface area contributed by atoms with E-state index in [0.29, 0.717) is 98.7 Å². The topological polar surface area (TPSA) is 201 Å². The van der Waals surface area contributed by atoms with E-state index in [-0.39, 0.29) is 148 Å². The first kappa shape index (κ1) is 127. The summed E-state index contributed by atoms with van der Waals surface area (Å²) in [6, 6.07) is 76.4. The molecule has 0 bridgehead atoms. The molecule has 16 rings (SSSR count). The van der Waals surface area contributed by atoms with Crippen LogP contribution in [0.5, 0.6) is 0 Å². The average Bonchev–Trinajstić information content (AvgIpc) is 1.57. The van der Waals surface area contributed by atoms with Gasteiger partial charge in [0, 0.05) is 208 Å². The molecule has 16 heteroatoms. The van der Waals surface area contributed by atoms with Gasteiger partial charge in [0.2, 0.25) is 0 Å². The van der Waals surface area contributed by atoms with Gasteiger partial charge in [-0.15, -0.1) is 140 Å². The standard InChI is InChI=1S/3C22H20N.C21H18N.4C11H20O2.4Ir/c1-14-9-15(2)11-16(10-14)21-12-20-18(13-23-21)17-7-5-6-8-19(17)22(20,3)4;1-14-9-15(2)11-16(10-14)21-12-18-17-7-5-6-8-19(17)22(3,4)20(18)13-23-21;1-14-11-15(2)13-16(12-14)21-20-18(9-10-23-21)17-7-5-6-8-19(17)22(20,3)4;1-14-7-6-8-15(11-14)20-12-17-16-9-4-5-10-18(16)21(2,3)19(17)13-22-20;4*1-8(2)5-10(12)7-11(13)6-9(3)4;;;;/h2*5-10,12-13H,1-4H3;5-12H,1-4H3;4-7,9-13H,1-3H3;4*7-9,12H,5-6H2,1-4H3;;;;/q4*-1;;;;;;;;. The van der Waals surface area contributed by atoms with Gasteiger partial charge in [-0.2, -0.15) is 0 Å². The number of allylic oxidation sites excluding steroid dienone is 8. The van der Waals surface area contributed by atoms with Gasteiger partial charge < -0.3 is 40.4 Å². The minimum Gasteiger partial charge on any atom is -0.512 e. The van der Waals surface area contributed by atoms with Crippen molar-refractivity contribution in [2.24, 2.45) is 47.3 Å². The number of pyridine rings is 4. The molecule has 0 unspecified atom stereocenters. The van der Waals surface area contributed by atoms with Gasteiger partial charge in [-0.05, 0) is 160 Å². The Kier molecular flexibility index (Phi) is 49.5. The van der Waals surface area contributed by atoms with E-state index in [0.717, 1.165) is 61.7 Å². The Morgan fingerprint density at radius 3 is 0.891 bits per heavy atom. The monoisotopic (exact) mass is 2690 g/mol. The molecule has 4 radical (unpaired) electrons. The maximum atomic E-state index is 11.2. The van der Waals surface area contributed by atoms with Gasteiger partial charge in [-0.3, -0.25) is 19.2 Å². The summed E-state index contributed by atoms with van der Waals surface area (Å²) >= 11 is 0. The number of rotatable bonds is 24. The Labute approximate surface area is 935 Å². The molecular formula is C131H158Ir4N4O8-4. The van der Waals surface area contributed by atoms with Gasteiger partial charge in [0.1, 0.15) is 0 Å². The Morgan fingerprint density at radius 2 is 0.558 bits per heavy atom. The smallest absolute Gasteiger partial charge is 0.159 e. The van der Waals surface area contributed by atoms with E-state index >= 15 is 0 Å². The summed E-state index contributed by atoms with van der Waals surface area (Å²) in [5.74, 6) is 3.92. The molecule has 790 valence electrons. The van der Waals surface area contributed by atoms with Gasteiger partial charge in [0.25, 0.3) is 0 Å². The van der Waals surface area contributed by atoms with Crippen molar-refractivity contribution < 1.29 is 120 Å². The Balaban J connectivity index is 0.000000299. The second-order valence-corrected chi connectivity index (χ2v) is 44.8. The van der Waals surface area contributed by atoms with E-state index in [9.17, 15) is 39.6 Å². The Bertz CT molecular complexity index is 6370. The molecule has 0 saturated carbocycles. The number of aryl methyl sites for hydroxylation is 7. The van der Waals surface area contributed by atoms with Crippen molar-refractivity contribution in [2.75, 3.05) is 0 Å². The molecule has 0 fully saturated rings. The maximum absolute atomic E-state index is 11.2. The molecule has 0 spiro atoms. The number of nitrogens with zero attached hydrogens (tertiary/aromatic N) is 4. The number of hydrogen-bond acceptors (Lipinski definition) is 12. The number of ketones is 4. The Morgan fingerprint density at radius 1 is 0.279 bits per heavy atom. The largest absolute Gasteiger partial charge is 0.512 e. The first-order chi connectivity index (χ1) is 67.1. The van der Waals surface area contributed by atoms with Crippen LogP contribution in [-0.4, -0.2) is 63.5 Å². The fraction of sp³-hybridized carbons (Fsp3) is 0.389. The SMILES string of the molecule is CC(C)CC(=O)C=C(O)CC(C)C.CC(C)CC(=O)C=C(O)CC(C)C.CC(C)CC(=O)C=C(O)CC(C)C.CC(C)CC(=O)C=C(O)CC(C)C.Cc1[c-]c(-c2cc3c(cn2)-c2ccccc2C3(C)C)cc(C)c1.Cc1[c-]c(-c2cc3c(cn2)C(C)(C)c2ccccc2-3)cc(C)c1.Cc1[c-]c(-c2nccc3c2C(C)(C)c2ccccc2-3)cc(C)c1.Cc1cc[c-]c(-c2cc3c(cn2)C(C)(C)c2ccccc2-3)c1.[Ir].[Ir].[Ir].[Ir]. The minimum absolute atomic E-state index is 0. The second-order valence-electron chi connectivity index (χ2n) is 44.8. The van der Waals surface area contributed by atoms with Crippen LogP contribution in [-0.2, 0) is 121 Å². The molecule has 4 heterocycles. The molecular weight excluding hydrogens is 2530 g/mol. The fourth-order valence-corrected chi connectivity index (χ4v) is 19.4. The number of hydrogen-bond donors (Lipinski definition) is 4. The van der Waals surface area contributed by atoms with E-state index in [4.69, 9.17) is 19.9 Å². The third-order valence-electron chi connectivity index (χ3n) is 25.6. The number of carbonyl (C=O) groups excluding carboxylic acids is 4. The van der Waals surface area contributed by atoms with Crippen LogP contribution in [0.25, 0.3) is 89.5 Å². The molecule has 0 saturated heterocycles. The fourth-order valence-electron chi connectivity index (χ4n) is 19.4. The molecule has 4 N–H and O–H groups in total. The van der Waals surface area contributed by atoms with Crippen molar-refractivity contribution in [3.8, 4) is 89.5 Å². The normalized spacial score (nSPS) is 13.4. The first-order valence-corrected chi connectivity index (χ1v) is 51.3. The molecule has 4 aliphatic rings. The predicted octanol–water partition coefficient (Wildman–Crippen LogP) is 33.9. The van der Waals surface area contributed by atoms with E-state index in [1.165, 1.54) is 136 Å². The summed E-state index contributed by atoms with van der Waals surface area (Å²) in [5, 5.41) is 37.4. The molecule has 0 atom stereocenters. The van der Waals surface area contributed by atoms with E-state index in [1.54, 1.807) is 0 Å². The number of benzene rings is 8. The van der Waals surface area contributed by atoms with Crippen LogP contribution in [0.4, 0.5) is 0 Å². The molecule has 147 heavy (non-hydrogen) atoms. The van der Waals surface area contributed by atoms with Gasteiger partial charge in [-0.25, -0.2) is 0 Å². The third kappa shape index (κ3) is 35.7. The second kappa shape index (κ2) is 57.1. The van der Waals surface area contributed by atoms with Crippen LogP contribution in [0.3, 0.4) is 0 Å². The number of aliphatic hydroxyl groups is 4. The van der Waals surface area contributed by atoms with Crippen molar-refractivity contribution >= 4 is 23.1 Å². The number of aliphatic hydroxyl groups excluding tert-OH is 4. The first-order valence-electron chi connectivity index (χ1n) is 51.3. The van der Waals surface area contributed by atoms with Crippen LogP contribution < -0.4 is 0 Å². The van der Waals surface area contributed by atoms with Crippen LogP contribution >= 0.6 is 0 Å². The van der Waals surface area contributed by atoms with E-state index < -0.39 is 0 Å². The molecule has 0 aliphatic heterocycles. The summed E-state index contributed by atoms with van der Waals surface area (Å²) < 4.78 is 0. The zero-order valence-electron chi connectivity index (χ0n) is 92.7. The summed E-state index contributed by atoms with van der Waals surface area (Å²) in [5.41, 5.74) is 38.2. The quantitative estimate of drug-likeness (QED) is 0.0254. The van der Waals surface area contributed by atoms with Crippen molar-refractivity contribution in [2.45, 2.75) is 288 Å². The number of carbonyl (C=O) groups is 4. The van der Waals surface area contributed by atoms with Gasteiger partial charge in [-0.1, -0.05) is 330 Å². The minimum atomic E-state index is -0.0407. The molecule has 12 aromatic rings. The summed E-state index contributed by atoms with van der Waals surface area (Å²) in [4.78, 5) is 63.8. The maximum Gasteiger partial charge on any atom is 0.159 e. The van der Waals surface area contributed by atoms with Crippen LogP contribution in [0, 0.1) is 120 Å². The summed E-state index contributed by atoms with van der Waals surface area (Å²) in [7, 11) is 0. The van der Waals surface area contributed by atoms with Crippen molar-refractivity contribution in [1.29, 1.82) is 0 Å². The average molecular weight is 2690 g/mol. The van der Waals surface area contributed by atoms with Crippen LogP contribution in [0.15, 0.2) is 248 Å². The van der Waals surface area contributed by atoms with Crippen LogP contribution in [0.1, 0.15) is 301 Å². The molecule has 4 aliphatic carbocycles. The molecule has 4 aromatic heterocycles. The number of fused-ring (bicyclic) bond motifs is 12. The van der Waals surface area contributed by atoms with Crippen molar-refractivity contribution in [3.05, 3.63) is 356 Å². The van der Waals surface area contributed by atoms with Gasteiger partial charge >= 0.3 is 0 Å². The van der Waals surface area contributed by atoms with Crippen molar-refractivity contribution in [1.82, 2.24) is 19.9 Å². The molecule has 8 aromatic carbocycles. The zero-order chi connectivity index (χ0) is 106. The van der Waals surface area contributed by atoms with Gasteiger partial charge in [0.05, 0.1) is 23.0 Å². The molecule has 12 nitrogen and oxygen atoms in total. The van der Waals surface area contributed by atoms with Crippen molar-refractivity contribution in [3.63, 3.8) is 0 Å². The van der Waals surface area contributed by atoms with E-state index in [1.807, 2.05) is 135 Å². The van der Waals surface area contributed by atoms with Gasteiger partial charge in [0.15, 0.2) is 23.1 Å². The molecule has 0 amide bonds. The van der Waals surface area contributed by atoms with Crippen LogP contribution in [0.2, 0.25) is 0 Å². The summed E-state index contributed by atoms with van der Waals surface area (Å²) in [6.45, 7) is 65.1. The summed E-state index contributed by atoms with van der Waals surface area (Å²) in [6.07, 6.45) is 17.9. The van der Waals surface area contributed by atoms with E-state index in [2.05, 4.69) is 304 Å². The zero-order valence-corrected chi connectivity index (χ0v) is 102. The number of aromatic nitrogens is 4. The third-order valence-corrected chi connectivity index (χ3v) is 25.6.